The molecular weight excluding hydrogens is 318 g/mol. The molecular formula is C19H29N3O3. The average molecular weight is 347 g/mol. The van der Waals surface area contributed by atoms with Crippen LogP contribution in [0.25, 0.3) is 0 Å². The van der Waals surface area contributed by atoms with Gasteiger partial charge in [-0.15, -0.1) is 0 Å². The summed E-state index contributed by atoms with van der Waals surface area (Å²) in [6.45, 7) is 10.6. The molecule has 6 nitrogen and oxygen atoms in total. The molecule has 1 aromatic rings. The molecule has 0 unspecified atom stereocenters. The number of amides is 3. The van der Waals surface area contributed by atoms with E-state index in [1.807, 2.05) is 16.7 Å². The predicted molar refractivity (Wildman–Crippen MR) is 95.3 cm³/mol. The van der Waals surface area contributed by atoms with Gasteiger partial charge in [0.2, 0.25) is 5.91 Å². The number of furan rings is 1. The Morgan fingerprint density at radius 3 is 2.60 bits per heavy atom. The second kappa shape index (κ2) is 6.73. The number of fused-ring (bicyclic) bond motifs is 1. The zero-order chi connectivity index (χ0) is 18.2. The fourth-order valence-electron chi connectivity index (χ4n) is 3.99. The van der Waals surface area contributed by atoms with Crippen molar-refractivity contribution >= 4 is 11.9 Å². The zero-order valence-electron chi connectivity index (χ0n) is 15.7. The standard InChI is InChI=1S/C19H29N3O3/c1-13-10-15-16(11-19(3,4)12-17(15)25-13)20-18(24)22-7-5-6-21(8-9-22)14(2)23/h10,16H,5-9,11-12H2,1-4H3,(H,20,24)/t16-/m0/s1. The second-order valence-electron chi connectivity index (χ2n) is 8.13. The van der Waals surface area contributed by atoms with Gasteiger partial charge in [0.1, 0.15) is 11.5 Å². The van der Waals surface area contributed by atoms with Crippen LogP contribution in [0.5, 0.6) is 0 Å². The molecule has 3 rings (SSSR count). The maximum atomic E-state index is 12.8. The summed E-state index contributed by atoms with van der Waals surface area (Å²) in [4.78, 5) is 28.0. The molecule has 1 N–H and O–H groups in total. The second-order valence-corrected chi connectivity index (χ2v) is 8.13. The molecule has 0 radical (unpaired) electrons. The lowest BCUT2D eigenvalue weighted by molar-refractivity contribution is -0.128. The van der Waals surface area contributed by atoms with Gasteiger partial charge in [-0.1, -0.05) is 13.8 Å². The van der Waals surface area contributed by atoms with Crippen molar-refractivity contribution in [2.75, 3.05) is 26.2 Å². The summed E-state index contributed by atoms with van der Waals surface area (Å²) in [6, 6.07) is 1.99. The van der Waals surface area contributed by atoms with E-state index in [1.165, 1.54) is 0 Å². The largest absolute Gasteiger partial charge is 0.466 e. The van der Waals surface area contributed by atoms with E-state index < -0.39 is 0 Å². The van der Waals surface area contributed by atoms with Crippen LogP contribution in [-0.2, 0) is 11.2 Å². The molecule has 25 heavy (non-hydrogen) atoms. The summed E-state index contributed by atoms with van der Waals surface area (Å²) < 4.78 is 5.85. The Balaban J connectivity index is 1.69. The first kappa shape index (κ1) is 17.8. The van der Waals surface area contributed by atoms with Crippen molar-refractivity contribution in [3.63, 3.8) is 0 Å². The lowest BCUT2D eigenvalue weighted by atomic mass is 9.75. The lowest BCUT2D eigenvalue weighted by Crippen LogP contribution is -2.45. The van der Waals surface area contributed by atoms with Crippen LogP contribution in [0.2, 0.25) is 0 Å². The maximum Gasteiger partial charge on any atom is 0.317 e. The molecule has 1 aromatic heterocycles. The molecule has 0 saturated carbocycles. The SMILES string of the molecule is CC(=O)N1CCCN(C(=O)N[C@H]2CC(C)(C)Cc3oc(C)cc32)CC1. The Bertz CT molecular complexity index is 665. The van der Waals surface area contributed by atoms with Gasteiger partial charge in [0.25, 0.3) is 0 Å². The first-order valence-corrected chi connectivity index (χ1v) is 9.15. The van der Waals surface area contributed by atoms with E-state index in [9.17, 15) is 9.59 Å². The van der Waals surface area contributed by atoms with E-state index in [2.05, 4.69) is 25.2 Å². The third-order valence-corrected chi connectivity index (χ3v) is 5.26. The van der Waals surface area contributed by atoms with Crippen molar-refractivity contribution in [2.24, 2.45) is 5.41 Å². The molecule has 1 aliphatic heterocycles. The van der Waals surface area contributed by atoms with Crippen LogP contribution in [0.3, 0.4) is 0 Å². The first-order chi connectivity index (χ1) is 11.7. The van der Waals surface area contributed by atoms with E-state index in [0.717, 1.165) is 42.9 Å². The summed E-state index contributed by atoms with van der Waals surface area (Å²) in [5.41, 5.74) is 1.21. The summed E-state index contributed by atoms with van der Waals surface area (Å²) in [5, 5.41) is 3.21. The summed E-state index contributed by atoms with van der Waals surface area (Å²) in [5.74, 6) is 1.97. The Kier molecular flexibility index (Phi) is 4.80. The quantitative estimate of drug-likeness (QED) is 0.849. The third-order valence-electron chi connectivity index (χ3n) is 5.26. The minimum Gasteiger partial charge on any atom is -0.466 e. The summed E-state index contributed by atoms with van der Waals surface area (Å²) in [6.07, 6.45) is 2.62. The third kappa shape index (κ3) is 3.99. The number of aryl methyl sites for hydroxylation is 1. The molecule has 0 spiro atoms. The van der Waals surface area contributed by atoms with Crippen molar-refractivity contribution in [1.82, 2.24) is 15.1 Å². The number of nitrogens with one attached hydrogen (secondary N) is 1. The first-order valence-electron chi connectivity index (χ1n) is 9.15. The number of carbonyl (C=O) groups is 2. The molecule has 3 amide bonds. The number of carbonyl (C=O) groups excluding carboxylic acids is 2. The van der Waals surface area contributed by atoms with E-state index in [-0.39, 0.29) is 23.4 Å². The van der Waals surface area contributed by atoms with E-state index in [0.29, 0.717) is 19.6 Å². The highest BCUT2D eigenvalue weighted by atomic mass is 16.3. The minimum atomic E-state index is -0.0436. The molecule has 1 saturated heterocycles. The molecule has 1 atom stereocenters. The van der Waals surface area contributed by atoms with Gasteiger partial charge < -0.3 is 19.5 Å². The molecule has 2 aliphatic rings. The molecule has 0 aromatic carbocycles. The van der Waals surface area contributed by atoms with Crippen LogP contribution in [-0.4, -0.2) is 47.9 Å². The fourth-order valence-corrected chi connectivity index (χ4v) is 3.99. The van der Waals surface area contributed by atoms with Gasteiger partial charge in [-0.25, -0.2) is 4.79 Å². The fraction of sp³-hybridized carbons (Fsp3) is 0.684. The van der Waals surface area contributed by atoms with Gasteiger partial charge in [0.05, 0.1) is 6.04 Å². The Morgan fingerprint density at radius 1 is 1.20 bits per heavy atom. The molecule has 0 bridgehead atoms. The van der Waals surface area contributed by atoms with Gasteiger partial charge in [-0.3, -0.25) is 4.79 Å². The van der Waals surface area contributed by atoms with Crippen LogP contribution < -0.4 is 5.32 Å². The topological polar surface area (TPSA) is 65.8 Å². The number of nitrogens with zero attached hydrogens (tertiary/aromatic N) is 2. The number of rotatable bonds is 1. The van der Waals surface area contributed by atoms with Crippen molar-refractivity contribution in [1.29, 1.82) is 0 Å². The number of hydrogen-bond acceptors (Lipinski definition) is 3. The smallest absolute Gasteiger partial charge is 0.317 e. The molecule has 1 aliphatic carbocycles. The number of hydrogen-bond donors (Lipinski definition) is 1. The van der Waals surface area contributed by atoms with Gasteiger partial charge in [0.15, 0.2) is 0 Å². The molecule has 138 valence electrons. The molecule has 2 heterocycles. The van der Waals surface area contributed by atoms with Gasteiger partial charge in [-0.2, -0.15) is 0 Å². The van der Waals surface area contributed by atoms with E-state index >= 15 is 0 Å². The van der Waals surface area contributed by atoms with Crippen LogP contribution in [0.4, 0.5) is 4.79 Å². The number of urea groups is 1. The highest BCUT2D eigenvalue weighted by molar-refractivity contribution is 5.76. The monoisotopic (exact) mass is 347 g/mol. The molecule has 6 heteroatoms. The van der Waals surface area contributed by atoms with Crippen LogP contribution >= 0.6 is 0 Å². The van der Waals surface area contributed by atoms with Gasteiger partial charge in [-0.05, 0) is 31.2 Å². The van der Waals surface area contributed by atoms with Gasteiger partial charge in [0, 0.05) is 45.1 Å². The lowest BCUT2D eigenvalue weighted by Gasteiger charge is -2.35. The minimum absolute atomic E-state index is 0.0177. The van der Waals surface area contributed by atoms with Crippen molar-refractivity contribution in [2.45, 2.75) is 53.0 Å². The van der Waals surface area contributed by atoms with Crippen LogP contribution in [0.1, 0.15) is 56.7 Å². The van der Waals surface area contributed by atoms with Crippen LogP contribution in [0.15, 0.2) is 10.5 Å². The van der Waals surface area contributed by atoms with E-state index in [4.69, 9.17) is 4.42 Å². The van der Waals surface area contributed by atoms with Gasteiger partial charge >= 0.3 is 6.03 Å². The summed E-state index contributed by atoms with van der Waals surface area (Å²) in [7, 11) is 0. The Hall–Kier alpha value is -1.98. The van der Waals surface area contributed by atoms with Crippen molar-refractivity contribution in [3.05, 3.63) is 23.2 Å². The maximum absolute atomic E-state index is 12.8. The normalized spacial score (nSPS) is 23.0. The Morgan fingerprint density at radius 2 is 1.88 bits per heavy atom. The average Bonchev–Trinajstić information content (AvgIpc) is 2.72. The highest BCUT2D eigenvalue weighted by Crippen LogP contribution is 2.42. The van der Waals surface area contributed by atoms with E-state index in [1.54, 1.807) is 6.92 Å². The predicted octanol–water partition coefficient (Wildman–Crippen LogP) is 2.87. The Labute approximate surface area is 149 Å². The van der Waals surface area contributed by atoms with Crippen molar-refractivity contribution < 1.29 is 14.0 Å². The zero-order valence-corrected chi connectivity index (χ0v) is 15.7. The highest BCUT2D eigenvalue weighted by Gasteiger charge is 2.36. The molecule has 1 fully saturated rings. The van der Waals surface area contributed by atoms with Crippen molar-refractivity contribution in [3.8, 4) is 0 Å². The summed E-state index contributed by atoms with van der Waals surface area (Å²) >= 11 is 0. The van der Waals surface area contributed by atoms with Crippen LogP contribution in [0, 0.1) is 12.3 Å².